The van der Waals surface area contributed by atoms with Crippen LogP contribution in [0.4, 0.5) is 5.69 Å². The van der Waals surface area contributed by atoms with Crippen molar-refractivity contribution in [2.45, 2.75) is 20.4 Å². The number of anilines is 1. The smallest absolute Gasteiger partial charge is 0.336 e. The molecule has 24 heavy (non-hydrogen) atoms. The lowest BCUT2D eigenvalue weighted by atomic mass is 10.1. The van der Waals surface area contributed by atoms with E-state index in [1.54, 1.807) is 26.2 Å². The Hall–Kier alpha value is -2.21. The lowest BCUT2D eigenvalue weighted by Crippen LogP contribution is -2.06. The van der Waals surface area contributed by atoms with Crippen molar-refractivity contribution in [3.05, 3.63) is 51.5 Å². The second kappa shape index (κ2) is 8.06. The molecule has 2 aromatic rings. The zero-order valence-corrected chi connectivity index (χ0v) is 15.4. The molecule has 0 amide bonds. The van der Waals surface area contributed by atoms with Gasteiger partial charge in [-0.15, -0.1) is 0 Å². The Bertz CT molecular complexity index is 746. The fourth-order valence-corrected chi connectivity index (χ4v) is 3.09. The van der Waals surface area contributed by atoms with E-state index in [0.29, 0.717) is 35.8 Å². The van der Waals surface area contributed by atoms with Crippen LogP contribution in [-0.2, 0) is 6.54 Å². The number of carboxylic acids is 1. The monoisotopic (exact) mass is 393 g/mol. The number of carbonyl (C=O) groups is 1. The highest BCUT2D eigenvalue weighted by Crippen LogP contribution is 2.36. The Morgan fingerprint density at radius 1 is 1.33 bits per heavy atom. The molecule has 128 valence electrons. The molecule has 0 bridgehead atoms. The summed E-state index contributed by atoms with van der Waals surface area (Å²) < 4.78 is 11.8. The van der Waals surface area contributed by atoms with Gasteiger partial charge in [-0.3, -0.25) is 0 Å². The average molecular weight is 394 g/mol. The fraction of sp³-hybridized carbons (Fsp3) is 0.278. The highest BCUT2D eigenvalue weighted by molar-refractivity contribution is 9.10. The van der Waals surface area contributed by atoms with Crippen LogP contribution < -0.4 is 14.8 Å². The molecule has 2 aromatic carbocycles. The molecule has 0 unspecified atom stereocenters. The van der Waals surface area contributed by atoms with E-state index >= 15 is 0 Å². The van der Waals surface area contributed by atoms with Crippen LogP contribution in [0.3, 0.4) is 0 Å². The minimum Gasteiger partial charge on any atom is -0.492 e. The number of aromatic carboxylic acids is 1. The van der Waals surface area contributed by atoms with Crippen molar-refractivity contribution in [1.82, 2.24) is 0 Å². The minimum atomic E-state index is -0.929. The van der Waals surface area contributed by atoms with Gasteiger partial charge in [-0.05, 0) is 65.2 Å². The Labute approximate surface area is 149 Å². The lowest BCUT2D eigenvalue weighted by Gasteiger charge is -2.15. The SMILES string of the molecule is CCOc1cc(CNc2cccc(C(=O)O)c2C)cc(Br)c1OC. The third-order valence-corrected chi connectivity index (χ3v) is 4.21. The van der Waals surface area contributed by atoms with Gasteiger partial charge in [0.1, 0.15) is 0 Å². The van der Waals surface area contributed by atoms with Crippen molar-refractivity contribution >= 4 is 27.6 Å². The molecule has 0 saturated heterocycles. The van der Waals surface area contributed by atoms with Crippen LogP contribution in [0.2, 0.25) is 0 Å². The fourth-order valence-electron chi connectivity index (χ4n) is 2.44. The Balaban J connectivity index is 2.24. The summed E-state index contributed by atoms with van der Waals surface area (Å²) in [6.07, 6.45) is 0. The first kappa shape index (κ1) is 18.1. The maximum atomic E-state index is 11.2. The molecule has 0 aromatic heterocycles. The third kappa shape index (κ3) is 4.00. The number of hydrogen-bond donors (Lipinski definition) is 2. The number of nitrogens with one attached hydrogen (secondary N) is 1. The molecule has 0 atom stereocenters. The zero-order chi connectivity index (χ0) is 17.7. The summed E-state index contributed by atoms with van der Waals surface area (Å²) in [5.74, 6) is 0.397. The maximum Gasteiger partial charge on any atom is 0.336 e. The van der Waals surface area contributed by atoms with Crippen molar-refractivity contribution in [3.8, 4) is 11.5 Å². The second-order valence-electron chi connectivity index (χ2n) is 5.18. The van der Waals surface area contributed by atoms with Crippen LogP contribution in [0.5, 0.6) is 11.5 Å². The number of rotatable bonds is 7. The predicted octanol–water partition coefficient (Wildman–Crippen LogP) is 4.48. The van der Waals surface area contributed by atoms with Crippen LogP contribution in [-0.4, -0.2) is 24.8 Å². The van der Waals surface area contributed by atoms with Gasteiger partial charge in [0.15, 0.2) is 11.5 Å². The Morgan fingerprint density at radius 3 is 2.71 bits per heavy atom. The van der Waals surface area contributed by atoms with E-state index in [4.69, 9.17) is 9.47 Å². The van der Waals surface area contributed by atoms with Gasteiger partial charge < -0.3 is 19.9 Å². The highest BCUT2D eigenvalue weighted by atomic mass is 79.9. The molecule has 0 aliphatic rings. The molecule has 0 aliphatic carbocycles. The topological polar surface area (TPSA) is 67.8 Å². The summed E-state index contributed by atoms with van der Waals surface area (Å²) in [6.45, 7) is 4.78. The first-order valence-electron chi connectivity index (χ1n) is 7.53. The van der Waals surface area contributed by atoms with E-state index in [9.17, 15) is 9.90 Å². The van der Waals surface area contributed by atoms with Crippen molar-refractivity contribution in [3.63, 3.8) is 0 Å². The molecule has 2 rings (SSSR count). The van der Waals surface area contributed by atoms with Crippen molar-refractivity contribution < 1.29 is 19.4 Å². The number of halogens is 1. The van der Waals surface area contributed by atoms with Gasteiger partial charge in [-0.1, -0.05) is 6.07 Å². The van der Waals surface area contributed by atoms with Gasteiger partial charge in [0.2, 0.25) is 0 Å². The molecule has 0 saturated carbocycles. The van der Waals surface area contributed by atoms with E-state index < -0.39 is 5.97 Å². The summed E-state index contributed by atoms with van der Waals surface area (Å²) in [4.78, 5) is 11.2. The average Bonchev–Trinajstić information content (AvgIpc) is 2.54. The summed E-state index contributed by atoms with van der Waals surface area (Å²) >= 11 is 3.49. The van der Waals surface area contributed by atoms with Crippen molar-refractivity contribution in [2.75, 3.05) is 19.0 Å². The van der Waals surface area contributed by atoms with Crippen LogP contribution >= 0.6 is 15.9 Å². The van der Waals surface area contributed by atoms with E-state index in [0.717, 1.165) is 15.7 Å². The Morgan fingerprint density at radius 2 is 2.08 bits per heavy atom. The van der Waals surface area contributed by atoms with E-state index in [1.807, 2.05) is 25.1 Å². The maximum absolute atomic E-state index is 11.2. The first-order chi connectivity index (χ1) is 11.5. The predicted molar refractivity (Wildman–Crippen MR) is 97.3 cm³/mol. The molecule has 0 spiro atoms. The van der Waals surface area contributed by atoms with E-state index in [2.05, 4.69) is 21.2 Å². The van der Waals surface area contributed by atoms with Gasteiger partial charge in [0.05, 0.1) is 23.8 Å². The van der Waals surface area contributed by atoms with Crippen molar-refractivity contribution in [1.29, 1.82) is 0 Å². The van der Waals surface area contributed by atoms with Gasteiger partial charge in [-0.25, -0.2) is 4.79 Å². The van der Waals surface area contributed by atoms with Gasteiger partial charge in [0.25, 0.3) is 0 Å². The quantitative estimate of drug-likeness (QED) is 0.725. The van der Waals surface area contributed by atoms with E-state index in [1.165, 1.54) is 0 Å². The summed E-state index contributed by atoms with van der Waals surface area (Å²) in [6, 6.07) is 9.05. The molecule has 2 N–H and O–H groups in total. The second-order valence-corrected chi connectivity index (χ2v) is 6.03. The van der Waals surface area contributed by atoms with Gasteiger partial charge in [0, 0.05) is 12.2 Å². The van der Waals surface area contributed by atoms with E-state index in [-0.39, 0.29) is 0 Å². The van der Waals surface area contributed by atoms with Gasteiger partial charge in [-0.2, -0.15) is 0 Å². The zero-order valence-electron chi connectivity index (χ0n) is 13.9. The summed E-state index contributed by atoms with van der Waals surface area (Å²) in [5.41, 5.74) is 2.79. The van der Waals surface area contributed by atoms with Gasteiger partial charge >= 0.3 is 5.97 Å². The standard InChI is InChI=1S/C18H20BrNO4/c1-4-24-16-9-12(8-14(19)17(16)23-3)10-20-15-7-5-6-13(11(15)2)18(21)22/h5-9,20H,4,10H2,1-3H3,(H,21,22). The molecule has 0 radical (unpaired) electrons. The normalized spacial score (nSPS) is 10.3. The number of hydrogen-bond acceptors (Lipinski definition) is 4. The highest BCUT2D eigenvalue weighted by Gasteiger charge is 2.13. The van der Waals surface area contributed by atoms with Crippen LogP contribution in [0.25, 0.3) is 0 Å². The Kier molecular flexibility index (Phi) is 6.09. The molecule has 6 heteroatoms. The largest absolute Gasteiger partial charge is 0.492 e. The molecular formula is C18H20BrNO4. The number of methoxy groups -OCH3 is 1. The molecule has 0 heterocycles. The molecule has 0 fully saturated rings. The van der Waals surface area contributed by atoms with Crippen LogP contribution in [0.1, 0.15) is 28.4 Å². The minimum absolute atomic E-state index is 0.297. The number of ether oxygens (including phenoxy) is 2. The van der Waals surface area contributed by atoms with Crippen LogP contribution in [0, 0.1) is 6.92 Å². The summed E-state index contributed by atoms with van der Waals surface area (Å²) in [5, 5.41) is 12.5. The first-order valence-corrected chi connectivity index (χ1v) is 8.33. The molecule has 5 nitrogen and oxygen atoms in total. The third-order valence-electron chi connectivity index (χ3n) is 3.62. The summed E-state index contributed by atoms with van der Waals surface area (Å²) in [7, 11) is 1.60. The van der Waals surface area contributed by atoms with Crippen LogP contribution in [0.15, 0.2) is 34.8 Å². The number of carboxylic acid groups (broad SMARTS) is 1. The molecule has 0 aliphatic heterocycles. The molecular weight excluding hydrogens is 374 g/mol. The lowest BCUT2D eigenvalue weighted by molar-refractivity contribution is 0.0696. The van der Waals surface area contributed by atoms with Crippen molar-refractivity contribution in [2.24, 2.45) is 0 Å². The number of benzene rings is 2.